The van der Waals surface area contributed by atoms with Crippen LogP contribution in [0, 0.1) is 6.92 Å². The molecule has 1 heterocycles. The quantitative estimate of drug-likeness (QED) is 0.781. The molecule has 0 saturated carbocycles. The maximum Gasteiger partial charge on any atom is 0.240 e. The molecular weight excluding hydrogens is 180 g/mol. The van der Waals surface area contributed by atoms with E-state index < -0.39 is 12.5 Å². The molecule has 0 saturated heterocycles. The predicted octanol–water partition coefficient (Wildman–Crippen LogP) is 2.71. The minimum Gasteiger partial charge on any atom is -0.323 e. The lowest BCUT2D eigenvalue weighted by Gasteiger charge is -2.09. The van der Waals surface area contributed by atoms with E-state index in [9.17, 15) is 8.78 Å². The molecule has 0 amide bonds. The Morgan fingerprint density at radius 3 is 2.67 bits per heavy atom. The lowest BCUT2D eigenvalue weighted by molar-refractivity contribution is 0.129. The summed E-state index contributed by atoms with van der Waals surface area (Å²) in [6.45, 7) is 1.89. The third-order valence-electron chi connectivity index (χ3n) is 1.67. The van der Waals surface area contributed by atoms with Gasteiger partial charge in [-0.1, -0.05) is 0 Å². The van der Waals surface area contributed by atoms with Crippen LogP contribution in [0.25, 0.3) is 0 Å². The van der Waals surface area contributed by atoms with Crippen molar-refractivity contribution in [1.29, 1.82) is 0 Å². The largest absolute Gasteiger partial charge is 0.323 e. The van der Waals surface area contributed by atoms with Crippen molar-refractivity contribution < 1.29 is 8.78 Å². The molecule has 0 radical (unpaired) electrons. The van der Waals surface area contributed by atoms with Crippen LogP contribution in [0.1, 0.15) is 22.9 Å². The molecule has 12 heavy (non-hydrogen) atoms. The van der Waals surface area contributed by atoms with Gasteiger partial charge < -0.3 is 5.73 Å². The molecule has 0 aromatic carbocycles. The zero-order valence-corrected chi connectivity index (χ0v) is 7.57. The summed E-state index contributed by atoms with van der Waals surface area (Å²) in [7, 11) is 0. The van der Waals surface area contributed by atoms with Crippen LogP contribution in [0.4, 0.5) is 8.78 Å². The zero-order valence-electron chi connectivity index (χ0n) is 6.76. The summed E-state index contributed by atoms with van der Waals surface area (Å²) in [5, 5.41) is 1.87. The van der Waals surface area contributed by atoms with Crippen molar-refractivity contribution in [3.8, 4) is 0 Å². The molecule has 2 N–H and O–H groups in total. The molecule has 0 aliphatic heterocycles. The van der Waals surface area contributed by atoms with Crippen LogP contribution >= 0.6 is 11.3 Å². The lowest BCUT2D eigenvalue weighted by atomic mass is 10.1. The second-order valence-electron chi connectivity index (χ2n) is 2.70. The van der Waals surface area contributed by atoms with Crippen LogP contribution in [-0.4, -0.2) is 6.43 Å². The standard InChI is InChI=1S/C8H11F2NS/c1-5-2-3-12-8(5)6(11)4-7(9)10/h2-3,6-7H,4,11H2,1H3/t6-/m1/s1. The number of aryl methyl sites for hydroxylation is 1. The minimum absolute atomic E-state index is 0.249. The molecule has 0 bridgehead atoms. The van der Waals surface area contributed by atoms with Crippen LogP contribution in [-0.2, 0) is 0 Å². The number of alkyl halides is 2. The molecule has 0 spiro atoms. The maximum absolute atomic E-state index is 11.9. The molecule has 1 aromatic rings. The number of thiophene rings is 1. The molecule has 1 rings (SSSR count). The third-order valence-corrected chi connectivity index (χ3v) is 2.82. The molecule has 1 aromatic heterocycles. The summed E-state index contributed by atoms with van der Waals surface area (Å²) < 4.78 is 23.9. The van der Waals surface area contributed by atoms with E-state index in [-0.39, 0.29) is 6.42 Å². The molecule has 1 nitrogen and oxygen atoms in total. The van der Waals surface area contributed by atoms with Crippen molar-refractivity contribution in [1.82, 2.24) is 0 Å². The highest BCUT2D eigenvalue weighted by atomic mass is 32.1. The Morgan fingerprint density at radius 2 is 2.25 bits per heavy atom. The average molecular weight is 191 g/mol. The lowest BCUT2D eigenvalue weighted by Crippen LogP contribution is -2.13. The van der Waals surface area contributed by atoms with Gasteiger partial charge in [0.2, 0.25) is 6.43 Å². The Balaban J connectivity index is 2.65. The molecule has 4 heteroatoms. The van der Waals surface area contributed by atoms with Crippen molar-refractivity contribution >= 4 is 11.3 Å². The van der Waals surface area contributed by atoms with Gasteiger partial charge in [-0.3, -0.25) is 0 Å². The number of hydrogen-bond acceptors (Lipinski definition) is 2. The van der Waals surface area contributed by atoms with E-state index in [0.717, 1.165) is 10.4 Å². The Morgan fingerprint density at radius 1 is 1.58 bits per heavy atom. The first-order valence-electron chi connectivity index (χ1n) is 3.69. The monoisotopic (exact) mass is 191 g/mol. The van der Waals surface area contributed by atoms with Crippen LogP contribution in [0.3, 0.4) is 0 Å². The highest BCUT2D eigenvalue weighted by Crippen LogP contribution is 2.26. The minimum atomic E-state index is -2.32. The Bertz CT molecular complexity index is 247. The van der Waals surface area contributed by atoms with Gasteiger partial charge in [0, 0.05) is 17.3 Å². The Hall–Kier alpha value is -0.480. The Kier molecular flexibility index (Phi) is 3.17. The van der Waals surface area contributed by atoms with Crippen molar-refractivity contribution in [3.05, 3.63) is 21.9 Å². The van der Waals surface area contributed by atoms with E-state index in [1.165, 1.54) is 11.3 Å². The number of hydrogen-bond donors (Lipinski definition) is 1. The molecule has 68 valence electrons. The fourth-order valence-corrected chi connectivity index (χ4v) is 2.01. The summed E-state index contributed by atoms with van der Waals surface area (Å²) in [6, 6.07) is 1.38. The van der Waals surface area contributed by atoms with Crippen molar-refractivity contribution in [2.75, 3.05) is 0 Å². The normalized spacial score (nSPS) is 13.8. The molecule has 1 atom stereocenters. The van der Waals surface area contributed by atoms with Crippen LogP contribution in [0.5, 0.6) is 0 Å². The van der Waals surface area contributed by atoms with Crippen molar-refractivity contribution in [2.45, 2.75) is 25.8 Å². The second kappa shape index (κ2) is 3.96. The van der Waals surface area contributed by atoms with E-state index >= 15 is 0 Å². The highest BCUT2D eigenvalue weighted by molar-refractivity contribution is 7.10. The van der Waals surface area contributed by atoms with Crippen LogP contribution in [0.2, 0.25) is 0 Å². The smallest absolute Gasteiger partial charge is 0.240 e. The molecular formula is C8H11F2NS. The van der Waals surface area contributed by atoms with E-state index in [2.05, 4.69) is 0 Å². The number of halogens is 2. The fraction of sp³-hybridized carbons (Fsp3) is 0.500. The topological polar surface area (TPSA) is 26.0 Å². The second-order valence-corrected chi connectivity index (χ2v) is 3.65. The summed E-state index contributed by atoms with van der Waals surface area (Å²) in [5.74, 6) is 0. The van der Waals surface area contributed by atoms with Gasteiger partial charge in [0.05, 0.1) is 0 Å². The zero-order chi connectivity index (χ0) is 9.14. The van der Waals surface area contributed by atoms with E-state index in [1.807, 2.05) is 18.4 Å². The first-order valence-corrected chi connectivity index (χ1v) is 4.57. The van der Waals surface area contributed by atoms with Gasteiger partial charge in [-0.15, -0.1) is 11.3 Å². The SMILES string of the molecule is Cc1ccsc1[C@H](N)CC(F)F. The first kappa shape index (κ1) is 9.61. The van der Waals surface area contributed by atoms with Gasteiger partial charge >= 0.3 is 0 Å². The third kappa shape index (κ3) is 2.25. The van der Waals surface area contributed by atoms with E-state index in [4.69, 9.17) is 5.73 Å². The number of rotatable bonds is 3. The van der Waals surface area contributed by atoms with Gasteiger partial charge in [-0.05, 0) is 23.9 Å². The van der Waals surface area contributed by atoms with Crippen molar-refractivity contribution in [3.63, 3.8) is 0 Å². The predicted molar refractivity (Wildman–Crippen MR) is 46.6 cm³/mol. The van der Waals surface area contributed by atoms with Gasteiger partial charge in [0.1, 0.15) is 0 Å². The molecule has 0 unspecified atom stereocenters. The van der Waals surface area contributed by atoms with Crippen molar-refractivity contribution in [2.24, 2.45) is 5.73 Å². The summed E-state index contributed by atoms with van der Waals surface area (Å²) >= 11 is 1.44. The van der Waals surface area contributed by atoms with Gasteiger partial charge in [-0.25, -0.2) is 8.78 Å². The average Bonchev–Trinajstić information content (AvgIpc) is 2.33. The number of nitrogens with two attached hydrogens (primary N) is 1. The van der Waals surface area contributed by atoms with Crippen LogP contribution < -0.4 is 5.73 Å². The van der Waals surface area contributed by atoms with Crippen LogP contribution in [0.15, 0.2) is 11.4 Å². The first-order chi connectivity index (χ1) is 5.61. The van der Waals surface area contributed by atoms with Gasteiger partial charge in [0.15, 0.2) is 0 Å². The molecule has 0 aliphatic carbocycles. The summed E-state index contributed by atoms with van der Waals surface area (Å²) in [6.07, 6.45) is -2.57. The molecule has 0 aliphatic rings. The van der Waals surface area contributed by atoms with Gasteiger partial charge in [-0.2, -0.15) is 0 Å². The highest BCUT2D eigenvalue weighted by Gasteiger charge is 2.15. The van der Waals surface area contributed by atoms with E-state index in [1.54, 1.807) is 0 Å². The fourth-order valence-electron chi connectivity index (χ4n) is 1.06. The summed E-state index contributed by atoms with van der Waals surface area (Å²) in [4.78, 5) is 0.871. The van der Waals surface area contributed by atoms with E-state index in [0.29, 0.717) is 0 Å². The van der Waals surface area contributed by atoms with Gasteiger partial charge in [0.25, 0.3) is 0 Å². The molecule has 0 fully saturated rings. The Labute approximate surface area is 74.2 Å². The summed E-state index contributed by atoms with van der Waals surface area (Å²) in [5.41, 5.74) is 6.58. The maximum atomic E-state index is 11.9.